The van der Waals surface area contributed by atoms with E-state index < -0.39 is 11.8 Å². The Kier molecular flexibility index (Phi) is 11.7. The van der Waals surface area contributed by atoms with Gasteiger partial charge in [0.15, 0.2) is 0 Å². The van der Waals surface area contributed by atoms with Crippen LogP contribution in [0.4, 0.5) is 10.1 Å². The summed E-state index contributed by atoms with van der Waals surface area (Å²) in [6, 6.07) is 7.73. The predicted octanol–water partition coefficient (Wildman–Crippen LogP) is 3.73. The molecule has 4 rings (SSSR count). The number of carboxylic acids is 1. The van der Waals surface area contributed by atoms with E-state index in [-0.39, 0.29) is 56.9 Å². The molecule has 0 atom stereocenters. The third kappa shape index (κ3) is 7.64. The quantitative estimate of drug-likeness (QED) is 0.377. The number of allylic oxidation sites excluding steroid dienone is 2. The van der Waals surface area contributed by atoms with Crippen LogP contribution in [0.25, 0.3) is 16.7 Å². The van der Waals surface area contributed by atoms with Gasteiger partial charge in [-0.1, -0.05) is 57.2 Å². The van der Waals surface area contributed by atoms with Crippen molar-refractivity contribution in [3.8, 4) is 11.1 Å². The van der Waals surface area contributed by atoms with Crippen LogP contribution in [0.5, 0.6) is 0 Å². The number of hydrogen-bond acceptors (Lipinski definition) is 4. The first-order chi connectivity index (χ1) is 15.8. The molecule has 0 aromatic heterocycles. The first-order valence-electron chi connectivity index (χ1n) is 11.3. The van der Waals surface area contributed by atoms with Crippen molar-refractivity contribution in [2.75, 3.05) is 18.9 Å². The van der Waals surface area contributed by atoms with Crippen molar-refractivity contribution in [2.45, 2.75) is 43.9 Å². The summed E-state index contributed by atoms with van der Waals surface area (Å²) in [4.78, 5) is 13.9. The SMILES string of the molecule is CC1CCCCC1.[CH2-]Nc1cc(C2=CCN(C)C=C2)c(-c2ccc(F)c(C(=O)O)c2)cc1[S-].[K+]. The minimum atomic E-state index is -1.31. The van der Waals surface area contributed by atoms with Gasteiger partial charge in [0.1, 0.15) is 5.82 Å². The fourth-order valence-electron chi connectivity index (χ4n) is 4.14. The van der Waals surface area contributed by atoms with Crippen LogP contribution in [-0.4, -0.2) is 29.6 Å². The second kappa shape index (κ2) is 13.8. The van der Waals surface area contributed by atoms with Gasteiger partial charge in [-0.3, -0.25) is 7.05 Å². The third-order valence-corrected chi connectivity index (χ3v) is 6.47. The molecule has 2 N–H and O–H groups in total. The van der Waals surface area contributed by atoms with Gasteiger partial charge >= 0.3 is 57.4 Å². The molecule has 0 saturated heterocycles. The molecular weight excluding hydrogens is 474 g/mol. The van der Waals surface area contributed by atoms with Crippen LogP contribution in [0.2, 0.25) is 0 Å². The van der Waals surface area contributed by atoms with E-state index in [1.165, 1.54) is 38.2 Å². The number of nitrogens with one attached hydrogen (secondary N) is 1. The number of rotatable bonds is 4. The number of anilines is 1. The number of likely N-dealkylation sites (N-methyl/N-ethyl adjacent to an activating group) is 1. The minimum absolute atomic E-state index is 0. The van der Waals surface area contributed by atoms with Crippen LogP contribution in [0.3, 0.4) is 0 Å². The number of benzene rings is 2. The molecule has 1 heterocycles. The fourth-order valence-corrected chi connectivity index (χ4v) is 4.39. The minimum Gasteiger partial charge on any atom is -0.778 e. The van der Waals surface area contributed by atoms with Crippen molar-refractivity contribution >= 4 is 29.9 Å². The van der Waals surface area contributed by atoms with Crippen LogP contribution >= 0.6 is 0 Å². The predicted molar refractivity (Wildman–Crippen MR) is 135 cm³/mol. The Labute approximate surface area is 250 Å². The zero-order chi connectivity index (χ0) is 24.0. The van der Waals surface area contributed by atoms with Crippen molar-refractivity contribution in [3.05, 3.63) is 72.7 Å². The van der Waals surface area contributed by atoms with E-state index in [2.05, 4.69) is 25.4 Å². The van der Waals surface area contributed by atoms with Gasteiger partial charge in [-0.15, -0.1) is 0 Å². The van der Waals surface area contributed by atoms with Crippen LogP contribution in [0, 0.1) is 18.8 Å². The molecule has 176 valence electrons. The first-order valence-corrected chi connectivity index (χ1v) is 11.7. The molecule has 1 saturated carbocycles. The average Bonchev–Trinajstić information content (AvgIpc) is 2.80. The fraction of sp³-hybridized carbons (Fsp3) is 0.333. The van der Waals surface area contributed by atoms with Gasteiger partial charge in [0, 0.05) is 13.6 Å². The maximum atomic E-state index is 13.8. The monoisotopic (exact) mass is 505 g/mol. The third-order valence-electron chi connectivity index (χ3n) is 6.13. The van der Waals surface area contributed by atoms with E-state index in [4.69, 9.17) is 12.6 Å². The zero-order valence-corrected chi connectivity index (χ0v) is 24.2. The molecule has 7 heteroatoms. The second-order valence-corrected chi connectivity index (χ2v) is 9.17. The average molecular weight is 506 g/mol. The molecule has 0 bridgehead atoms. The number of carbonyl (C=O) groups is 1. The Morgan fingerprint density at radius 2 is 1.88 bits per heavy atom. The van der Waals surface area contributed by atoms with Gasteiger partial charge in [-0.25, -0.2) is 9.18 Å². The van der Waals surface area contributed by atoms with Crippen LogP contribution < -0.4 is 56.7 Å². The Balaban J connectivity index is 0.000000439. The van der Waals surface area contributed by atoms with Crippen LogP contribution in [0.15, 0.2) is 53.6 Å². The molecule has 0 amide bonds. The summed E-state index contributed by atoms with van der Waals surface area (Å²) in [5, 5.41) is 12.0. The molecule has 2 aliphatic rings. The van der Waals surface area contributed by atoms with Gasteiger partial charge < -0.3 is 28.0 Å². The molecule has 2 aromatic rings. The molecule has 34 heavy (non-hydrogen) atoms. The van der Waals surface area contributed by atoms with Crippen molar-refractivity contribution in [1.29, 1.82) is 0 Å². The van der Waals surface area contributed by atoms with E-state index in [0.717, 1.165) is 35.2 Å². The molecule has 0 unspecified atom stereocenters. The van der Waals surface area contributed by atoms with Crippen molar-refractivity contribution in [2.24, 2.45) is 5.92 Å². The Morgan fingerprint density at radius 3 is 2.41 bits per heavy atom. The van der Waals surface area contributed by atoms with E-state index in [9.17, 15) is 14.3 Å². The summed E-state index contributed by atoms with van der Waals surface area (Å²) < 4.78 is 13.8. The topological polar surface area (TPSA) is 52.6 Å². The van der Waals surface area contributed by atoms with Gasteiger partial charge in [0.2, 0.25) is 0 Å². The summed E-state index contributed by atoms with van der Waals surface area (Å²) in [5.74, 6) is -1.04. The summed E-state index contributed by atoms with van der Waals surface area (Å²) in [6.07, 6.45) is 13.4. The molecular formula is C27H31FKN2O2S-. The molecule has 1 fully saturated rings. The van der Waals surface area contributed by atoms with Gasteiger partial charge in [-0.2, -0.15) is 4.90 Å². The van der Waals surface area contributed by atoms with Crippen molar-refractivity contribution in [3.63, 3.8) is 0 Å². The number of halogens is 1. The largest absolute Gasteiger partial charge is 1.00 e. The van der Waals surface area contributed by atoms with E-state index in [1.54, 1.807) is 12.1 Å². The second-order valence-electron chi connectivity index (χ2n) is 8.73. The first kappa shape index (κ1) is 29.0. The van der Waals surface area contributed by atoms with Crippen molar-refractivity contribution < 1.29 is 65.7 Å². The molecule has 0 spiro atoms. The van der Waals surface area contributed by atoms with E-state index in [0.29, 0.717) is 16.1 Å². The normalized spacial score (nSPS) is 15.5. The summed E-state index contributed by atoms with van der Waals surface area (Å²) in [6.45, 7) is 3.11. The van der Waals surface area contributed by atoms with E-state index in [1.807, 2.05) is 30.3 Å². The Bertz CT molecular complexity index is 1060. The summed E-state index contributed by atoms with van der Waals surface area (Å²) >= 11 is 5.39. The summed E-state index contributed by atoms with van der Waals surface area (Å²) in [7, 11) is 5.65. The number of nitrogens with zero attached hydrogens (tertiary/aromatic N) is 1. The Hall–Kier alpha value is -1.22. The molecule has 4 nitrogen and oxygen atoms in total. The standard InChI is InChI=1S/C20H18FN2O2S.C7H14.K/c1-22-18-10-14(12-5-7-23(2)8-6-12)15(11-19(18)26)13-3-4-17(21)16(9-13)20(24)25;1-7-5-3-2-4-6-7;/h3-7,9-11,22,26H,1,8H2,2H3,(H,24,25);7H,2-6H2,1H3;/q-1;;+1/p-1. The zero-order valence-electron chi connectivity index (χ0n) is 20.2. The van der Waals surface area contributed by atoms with Crippen LogP contribution in [-0.2, 0) is 12.6 Å². The summed E-state index contributed by atoms with van der Waals surface area (Å²) in [5.41, 5.74) is 3.52. The number of hydrogen-bond donors (Lipinski definition) is 2. The Morgan fingerprint density at radius 1 is 1.18 bits per heavy atom. The van der Waals surface area contributed by atoms with E-state index >= 15 is 0 Å². The smallest absolute Gasteiger partial charge is 0.778 e. The maximum Gasteiger partial charge on any atom is 1.00 e. The van der Waals surface area contributed by atoms with Gasteiger partial charge in [0.25, 0.3) is 0 Å². The van der Waals surface area contributed by atoms with Crippen molar-refractivity contribution in [1.82, 2.24) is 4.90 Å². The van der Waals surface area contributed by atoms with Crippen LogP contribution in [0.1, 0.15) is 54.9 Å². The van der Waals surface area contributed by atoms with Gasteiger partial charge in [0.05, 0.1) is 5.56 Å². The molecule has 1 aliphatic carbocycles. The molecule has 2 aromatic carbocycles. The van der Waals surface area contributed by atoms with Gasteiger partial charge in [-0.05, 0) is 64.3 Å². The molecule has 0 radical (unpaired) electrons. The molecule has 1 aliphatic heterocycles. The maximum absolute atomic E-state index is 13.8. The number of carboxylic acid groups (broad SMARTS) is 1. The number of aromatic carboxylic acids is 1.